The number of nitrogens with zero attached hydrogens (tertiary/aromatic N) is 2. The lowest BCUT2D eigenvalue weighted by atomic mass is 10.00. The van der Waals surface area contributed by atoms with Crippen LogP contribution < -0.4 is 10.1 Å². The Morgan fingerprint density at radius 3 is 2.52 bits per heavy atom. The lowest BCUT2D eigenvalue weighted by Gasteiger charge is -2.31. The van der Waals surface area contributed by atoms with Gasteiger partial charge in [-0.1, -0.05) is 25.0 Å². The van der Waals surface area contributed by atoms with Crippen molar-refractivity contribution in [2.75, 3.05) is 20.2 Å². The van der Waals surface area contributed by atoms with Crippen molar-refractivity contribution in [2.45, 2.75) is 64.0 Å². The van der Waals surface area contributed by atoms with Crippen molar-refractivity contribution < 1.29 is 19.1 Å². The normalized spacial score (nSPS) is 21.7. The molecule has 0 aromatic heterocycles. The first-order valence-corrected chi connectivity index (χ1v) is 10.4. The molecule has 2 saturated heterocycles. The zero-order chi connectivity index (χ0) is 21.0. The van der Waals surface area contributed by atoms with E-state index in [9.17, 15) is 14.4 Å². The first-order valence-electron chi connectivity index (χ1n) is 10.4. The number of imide groups is 1. The van der Waals surface area contributed by atoms with Crippen LogP contribution in [-0.4, -0.2) is 53.4 Å². The molecule has 2 fully saturated rings. The molecule has 1 aromatic rings. The van der Waals surface area contributed by atoms with E-state index in [0.29, 0.717) is 12.8 Å². The van der Waals surface area contributed by atoms with Gasteiger partial charge in [0.25, 0.3) is 5.91 Å². The number of hydrogen-bond donors (Lipinski definition) is 1. The molecule has 4 amide bonds. The number of benzene rings is 1. The second kappa shape index (κ2) is 8.84. The highest BCUT2D eigenvalue weighted by molar-refractivity contribution is 6.06. The fraction of sp³-hybridized carbons (Fsp3) is 0.591. The molecule has 0 radical (unpaired) electrons. The van der Waals surface area contributed by atoms with E-state index in [1.807, 2.05) is 29.2 Å². The van der Waals surface area contributed by atoms with E-state index in [2.05, 4.69) is 5.32 Å². The Labute approximate surface area is 172 Å². The summed E-state index contributed by atoms with van der Waals surface area (Å²) in [6.07, 6.45) is 4.95. The summed E-state index contributed by atoms with van der Waals surface area (Å²) in [6.45, 7) is 4.39. The van der Waals surface area contributed by atoms with Crippen LogP contribution in [0.1, 0.15) is 64.0 Å². The van der Waals surface area contributed by atoms with Crippen LogP contribution in [0.25, 0.3) is 0 Å². The van der Waals surface area contributed by atoms with Crippen LogP contribution in [0.4, 0.5) is 4.79 Å². The molecule has 158 valence electrons. The summed E-state index contributed by atoms with van der Waals surface area (Å²) in [4.78, 5) is 40.5. The Hall–Kier alpha value is -2.57. The number of hydrogen-bond acceptors (Lipinski definition) is 4. The van der Waals surface area contributed by atoms with Gasteiger partial charge in [-0.3, -0.25) is 14.5 Å². The molecule has 2 aliphatic heterocycles. The number of amides is 4. The van der Waals surface area contributed by atoms with Crippen molar-refractivity contribution in [3.63, 3.8) is 0 Å². The smallest absolute Gasteiger partial charge is 0.325 e. The van der Waals surface area contributed by atoms with E-state index < -0.39 is 5.54 Å². The van der Waals surface area contributed by atoms with Gasteiger partial charge in [0, 0.05) is 19.5 Å². The van der Waals surface area contributed by atoms with Crippen LogP contribution in [0.5, 0.6) is 5.75 Å². The summed E-state index contributed by atoms with van der Waals surface area (Å²) >= 11 is 0. The van der Waals surface area contributed by atoms with E-state index in [0.717, 1.165) is 43.5 Å². The minimum absolute atomic E-state index is 0.0616. The molecule has 0 saturated carbocycles. The van der Waals surface area contributed by atoms with E-state index in [4.69, 9.17) is 4.74 Å². The summed E-state index contributed by atoms with van der Waals surface area (Å²) in [7, 11) is 1.64. The van der Waals surface area contributed by atoms with Crippen LogP contribution in [-0.2, 0) is 9.59 Å². The third-order valence-corrected chi connectivity index (χ3v) is 5.79. The summed E-state index contributed by atoms with van der Waals surface area (Å²) in [5, 5.41) is 2.67. The van der Waals surface area contributed by atoms with Crippen molar-refractivity contribution in [3.05, 3.63) is 29.8 Å². The Bertz CT molecular complexity index is 760. The van der Waals surface area contributed by atoms with Crippen LogP contribution in [0.3, 0.4) is 0 Å². The van der Waals surface area contributed by atoms with Gasteiger partial charge in [0.1, 0.15) is 11.3 Å². The Kier molecular flexibility index (Phi) is 6.45. The number of methoxy groups -OCH3 is 1. The summed E-state index contributed by atoms with van der Waals surface area (Å²) < 4.78 is 5.24. The van der Waals surface area contributed by atoms with Gasteiger partial charge in [0.15, 0.2) is 0 Å². The van der Waals surface area contributed by atoms with Crippen LogP contribution in [0.2, 0.25) is 0 Å². The molecule has 0 aliphatic carbocycles. The van der Waals surface area contributed by atoms with Crippen molar-refractivity contribution in [3.8, 4) is 5.75 Å². The minimum atomic E-state index is -0.870. The Morgan fingerprint density at radius 2 is 1.90 bits per heavy atom. The van der Waals surface area contributed by atoms with Crippen molar-refractivity contribution in [1.29, 1.82) is 0 Å². The maximum Gasteiger partial charge on any atom is 0.325 e. The first kappa shape index (κ1) is 21.1. The Morgan fingerprint density at radius 1 is 1.17 bits per heavy atom. The zero-order valence-corrected chi connectivity index (χ0v) is 17.6. The average Bonchev–Trinajstić information content (AvgIpc) is 2.89. The van der Waals surface area contributed by atoms with Crippen LogP contribution >= 0.6 is 0 Å². The lowest BCUT2D eigenvalue weighted by molar-refractivity contribution is -0.135. The number of carbonyl (C=O) groups is 3. The van der Waals surface area contributed by atoms with Gasteiger partial charge in [-0.25, -0.2) is 4.79 Å². The molecule has 29 heavy (non-hydrogen) atoms. The van der Waals surface area contributed by atoms with Crippen molar-refractivity contribution >= 4 is 17.8 Å². The number of ether oxygens (including phenoxy) is 1. The molecule has 2 aliphatic rings. The van der Waals surface area contributed by atoms with Gasteiger partial charge < -0.3 is 15.0 Å². The van der Waals surface area contributed by atoms with Crippen LogP contribution in [0, 0.1) is 0 Å². The standard InChI is InChI=1S/C22H31N3O4/c1-22(2)20(27)25(21(28)23-22)15-7-9-19(26)24-14-6-4-5-8-18(24)16-10-12-17(29-3)13-11-16/h10-13,18H,4-9,14-15H2,1-3H3,(H,23,28)/t18-/m0/s1. The zero-order valence-electron chi connectivity index (χ0n) is 17.6. The van der Waals surface area contributed by atoms with Crippen LogP contribution in [0.15, 0.2) is 24.3 Å². The maximum atomic E-state index is 13.0. The molecule has 1 atom stereocenters. The van der Waals surface area contributed by atoms with E-state index in [1.165, 1.54) is 4.90 Å². The molecule has 7 heteroatoms. The predicted octanol–water partition coefficient (Wildman–Crippen LogP) is 3.25. The van der Waals surface area contributed by atoms with Gasteiger partial charge in [-0.15, -0.1) is 0 Å². The van der Waals surface area contributed by atoms with Gasteiger partial charge in [-0.05, 0) is 50.8 Å². The molecule has 3 rings (SSSR count). The molecule has 0 bridgehead atoms. The van der Waals surface area contributed by atoms with E-state index in [-0.39, 0.29) is 30.4 Å². The number of nitrogens with one attached hydrogen (secondary N) is 1. The minimum Gasteiger partial charge on any atom is -0.497 e. The highest BCUT2D eigenvalue weighted by Gasteiger charge is 2.43. The third-order valence-electron chi connectivity index (χ3n) is 5.79. The number of urea groups is 1. The first-order chi connectivity index (χ1) is 13.8. The average molecular weight is 402 g/mol. The maximum absolute atomic E-state index is 13.0. The molecule has 0 unspecified atom stereocenters. The number of likely N-dealkylation sites (tertiary alicyclic amines) is 1. The predicted molar refractivity (Wildman–Crippen MR) is 109 cm³/mol. The quantitative estimate of drug-likeness (QED) is 0.742. The van der Waals surface area contributed by atoms with E-state index in [1.54, 1.807) is 21.0 Å². The largest absolute Gasteiger partial charge is 0.497 e. The summed E-state index contributed by atoms with van der Waals surface area (Å²) in [5.74, 6) is 0.650. The SMILES string of the molecule is COc1ccc([C@@H]2CCCCCN2C(=O)CCCN2C(=O)NC(C)(C)C2=O)cc1. The van der Waals surface area contributed by atoms with Gasteiger partial charge in [0.05, 0.1) is 13.2 Å². The fourth-order valence-electron chi connectivity index (χ4n) is 4.13. The highest BCUT2D eigenvalue weighted by atomic mass is 16.5. The molecular weight excluding hydrogens is 370 g/mol. The van der Waals surface area contributed by atoms with Gasteiger partial charge in [-0.2, -0.15) is 0 Å². The third kappa shape index (κ3) is 4.71. The summed E-state index contributed by atoms with van der Waals surface area (Å²) in [5.41, 5.74) is 0.252. The van der Waals surface area contributed by atoms with Crippen molar-refractivity contribution in [2.24, 2.45) is 0 Å². The fourth-order valence-corrected chi connectivity index (χ4v) is 4.13. The van der Waals surface area contributed by atoms with E-state index >= 15 is 0 Å². The lowest BCUT2D eigenvalue weighted by Crippen LogP contribution is -2.40. The molecule has 1 aromatic carbocycles. The highest BCUT2D eigenvalue weighted by Crippen LogP contribution is 2.32. The summed E-state index contributed by atoms with van der Waals surface area (Å²) in [6, 6.07) is 7.61. The molecule has 1 N–H and O–H groups in total. The molecular formula is C22H31N3O4. The van der Waals surface area contributed by atoms with Crippen molar-refractivity contribution in [1.82, 2.24) is 15.1 Å². The van der Waals surface area contributed by atoms with Gasteiger partial charge in [0.2, 0.25) is 5.91 Å². The number of rotatable bonds is 6. The topological polar surface area (TPSA) is 79.0 Å². The van der Waals surface area contributed by atoms with Gasteiger partial charge >= 0.3 is 6.03 Å². The molecule has 2 heterocycles. The second-order valence-electron chi connectivity index (χ2n) is 8.34. The monoisotopic (exact) mass is 401 g/mol. The molecule has 0 spiro atoms. The Balaban J connectivity index is 1.62. The number of carbonyl (C=O) groups excluding carboxylic acids is 3. The molecule has 7 nitrogen and oxygen atoms in total. The second-order valence-corrected chi connectivity index (χ2v) is 8.34.